The zero-order valence-electron chi connectivity index (χ0n) is 11.9. The minimum Gasteiger partial charge on any atom is -0.482 e. The summed E-state index contributed by atoms with van der Waals surface area (Å²) < 4.78 is 16.5. The van der Waals surface area contributed by atoms with Crippen LogP contribution in [0.3, 0.4) is 0 Å². The predicted octanol–water partition coefficient (Wildman–Crippen LogP) is 0.482. The minimum atomic E-state index is -0.980. The van der Waals surface area contributed by atoms with Crippen LogP contribution in [0.4, 0.5) is 0 Å². The quantitative estimate of drug-likeness (QED) is 0.848. The van der Waals surface area contributed by atoms with Crippen LogP contribution in [-0.4, -0.2) is 48.6 Å². The Morgan fingerprint density at radius 3 is 2.76 bits per heavy atom. The zero-order chi connectivity index (χ0) is 14.9. The summed E-state index contributed by atoms with van der Waals surface area (Å²) in [7, 11) is 0. The van der Waals surface area contributed by atoms with Crippen molar-refractivity contribution in [1.82, 2.24) is 5.32 Å². The zero-order valence-corrected chi connectivity index (χ0v) is 11.9. The molecule has 3 atom stereocenters. The highest BCUT2D eigenvalue weighted by atomic mass is 16.6. The lowest BCUT2D eigenvalue weighted by Crippen LogP contribution is -2.52. The van der Waals surface area contributed by atoms with Crippen molar-refractivity contribution in [2.24, 2.45) is 0 Å². The lowest BCUT2D eigenvalue weighted by molar-refractivity contribution is -0.134. The second-order valence-electron chi connectivity index (χ2n) is 5.55. The van der Waals surface area contributed by atoms with Crippen LogP contribution in [0.15, 0.2) is 24.3 Å². The van der Waals surface area contributed by atoms with Gasteiger partial charge in [0.1, 0.15) is 11.7 Å². The van der Waals surface area contributed by atoms with E-state index in [0.29, 0.717) is 24.5 Å². The molecule has 0 saturated carbocycles. The number of ether oxygens (including phenoxy) is 3. The summed E-state index contributed by atoms with van der Waals surface area (Å²) in [6, 6.07) is 7.25. The normalized spacial score (nSPS) is 31.0. The molecular formula is C15H19NO5. The number of para-hydroxylation sites is 2. The molecule has 1 amide bonds. The van der Waals surface area contributed by atoms with Crippen LogP contribution in [0.1, 0.15) is 13.3 Å². The average molecular weight is 293 g/mol. The number of aliphatic hydroxyl groups is 1. The fourth-order valence-corrected chi connectivity index (χ4v) is 2.49. The Morgan fingerprint density at radius 1 is 1.38 bits per heavy atom. The Hall–Kier alpha value is -1.79. The molecule has 3 unspecified atom stereocenters. The molecule has 2 aliphatic rings. The molecule has 0 radical (unpaired) electrons. The summed E-state index contributed by atoms with van der Waals surface area (Å²) in [6.07, 6.45) is -0.603. The van der Waals surface area contributed by atoms with Gasteiger partial charge in [0.2, 0.25) is 6.10 Å². The molecule has 1 aromatic carbocycles. The van der Waals surface area contributed by atoms with Crippen molar-refractivity contribution in [3.63, 3.8) is 0 Å². The van der Waals surface area contributed by atoms with E-state index in [1.54, 1.807) is 19.1 Å². The largest absolute Gasteiger partial charge is 0.482 e. The number of carbonyl (C=O) groups excluding carboxylic acids is 1. The molecule has 0 aromatic heterocycles. The van der Waals surface area contributed by atoms with Crippen molar-refractivity contribution in [2.75, 3.05) is 19.8 Å². The molecule has 2 aliphatic heterocycles. The lowest BCUT2D eigenvalue weighted by Gasteiger charge is -2.31. The van der Waals surface area contributed by atoms with E-state index in [0.717, 1.165) is 0 Å². The van der Waals surface area contributed by atoms with Gasteiger partial charge >= 0.3 is 0 Å². The maximum Gasteiger partial charge on any atom is 0.265 e. The van der Waals surface area contributed by atoms with Gasteiger partial charge in [-0.25, -0.2) is 0 Å². The molecule has 6 heteroatoms. The standard InChI is InChI=1S/C15H19NO5/c1-10-13(21-12-5-3-2-4-11(12)20-10)14(17)16-8-15(18)6-7-19-9-15/h2-5,10,13,18H,6-9H2,1H3,(H,16,17). The van der Waals surface area contributed by atoms with Crippen molar-refractivity contribution >= 4 is 5.91 Å². The van der Waals surface area contributed by atoms with Gasteiger partial charge in [0.15, 0.2) is 11.5 Å². The summed E-state index contributed by atoms with van der Waals surface area (Å²) in [5.41, 5.74) is -0.980. The first kappa shape index (κ1) is 14.2. The first-order valence-corrected chi connectivity index (χ1v) is 7.08. The van der Waals surface area contributed by atoms with E-state index in [1.165, 1.54) is 0 Å². The van der Waals surface area contributed by atoms with Crippen LogP contribution in [0.5, 0.6) is 11.5 Å². The molecule has 1 fully saturated rings. The SMILES string of the molecule is CC1Oc2ccccc2OC1C(=O)NCC1(O)CCOC1. The van der Waals surface area contributed by atoms with E-state index in [-0.39, 0.29) is 19.1 Å². The maximum absolute atomic E-state index is 12.2. The first-order chi connectivity index (χ1) is 10.1. The van der Waals surface area contributed by atoms with E-state index in [2.05, 4.69) is 5.32 Å². The van der Waals surface area contributed by atoms with Gasteiger partial charge in [0, 0.05) is 19.6 Å². The Morgan fingerprint density at radius 2 is 2.10 bits per heavy atom. The van der Waals surface area contributed by atoms with Gasteiger partial charge in [-0.15, -0.1) is 0 Å². The van der Waals surface area contributed by atoms with E-state index in [9.17, 15) is 9.90 Å². The number of benzene rings is 1. The minimum absolute atomic E-state index is 0.153. The van der Waals surface area contributed by atoms with Crippen LogP contribution in [0.2, 0.25) is 0 Å². The number of amides is 1. The molecule has 0 spiro atoms. The van der Waals surface area contributed by atoms with Crippen molar-refractivity contribution in [2.45, 2.75) is 31.2 Å². The van der Waals surface area contributed by atoms with Gasteiger partial charge in [-0.05, 0) is 19.1 Å². The Balaban J connectivity index is 1.62. The molecule has 0 bridgehead atoms. The van der Waals surface area contributed by atoms with Crippen molar-refractivity contribution in [3.05, 3.63) is 24.3 Å². The van der Waals surface area contributed by atoms with E-state index < -0.39 is 17.8 Å². The lowest BCUT2D eigenvalue weighted by atomic mass is 10.0. The average Bonchev–Trinajstić information content (AvgIpc) is 2.91. The van der Waals surface area contributed by atoms with Gasteiger partial charge in [0.05, 0.1) is 6.61 Å². The fourth-order valence-electron chi connectivity index (χ4n) is 2.49. The third-order valence-electron chi connectivity index (χ3n) is 3.77. The van der Waals surface area contributed by atoms with Crippen molar-refractivity contribution in [3.8, 4) is 11.5 Å². The van der Waals surface area contributed by atoms with Crippen LogP contribution in [0, 0.1) is 0 Å². The second-order valence-corrected chi connectivity index (χ2v) is 5.55. The van der Waals surface area contributed by atoms with E-state index in [4.69, 9.17) is 14.2 Å². The predicted molar refractivity (Wildman–Crippen MR) is 74.3 cm³/mol. The number of nitrogens with one attached hydrogen (secondary N) is 1. The van der Waals surface area contributed by atoms with Gasteiger partial charge in [-0.2, -0.15) is 0 Å². The summed E-state index contributed by atoms with van der Waals surface area (Å²) in [6.45, 7) is 2.69. The summed E-state index contributed by atoms with van der Waals surface area (Å²) in [5.74, 6) is 0.896. The van der Waals surface area contributed by atoms with Crippen LogP contribution >= 0.6 is 0 Å². The number of hydrogen-bond donors (Lipinski definition) is 2. The number of fused-ring (bicyclic) bond motifs is 1. The highest BCUT2D eigenvalue weighted by Gasteiger charge is 2.37. The van der Waals surface area contributed by atoms with Crippen LogP contribution in [0.25, 0.3) is 0 Å². The molecule has 0 aliphatic carbocycles. The van der Waals surface area contributed by atoms with Crippen LogP contribution < -0.4 is 14.8 Å². The van der Waals surface area contributed by atoms with Crippen molar-refractivity contribution in [1.29, 1.82) is 0 Å². The highest BCUT2D eigenvalue weighted by molar-refractivity contribution is 5.82. The molecule has 1 aromatic rings. The van der Waals surface area contributed by atoms with Gasteiger partial charge in [0.25, 0.3) is 5.91 Å². The topological polar surface area (TPSA) is 77.0 Å². The fraction of sp³-hybridized carbons (Fsp3) is 0.533. The number of rotatable bonds is 3. The van der Waals surface area contributed by atoms with E-state index >= 15 is 0 Å². The third kappa shape index (κ3) is 2.96. The Labute approximate surface area is 123 Å². The smallest absolute Gasteiger partial charge is 0.265 e. The van der Waals surface area contributed by atoms with Gasteiger partial charge in [-0.3, -0.25) is 4.79 Å². The van der Waals surface area contributed by atoms with Gasteiger partial charge in [-0.1, -0.05) is 12.1 Å². The highest BCUT2D eigenvalue weighted by Crippen LogP contribution is 2.33. The van der Waals surface area contributed by atoms with Gasteiger partial charge < -0.3 is 24.6 Å². The maximum atomic E-state index is 12.2. The third-order valence-corrected chi connectivity index (χ3v) is 3.77. The molecule has 2 N–H and O–H groups in total. The Bertz CT molecular complexity index is 527. The molecule has 3 rings (SSSR count). The van der Waals surface area contributed by atoms with Crippen molar-refractivity contribution < 1.29 is 24.1 Å². The number of hydrogen-bond acceptors (Lipinski definition) is 5. The monoisotopic (exact) mass is 293 g/mol. The second kappa shape index (κ2) is 5.54. The van der Waals surface area contributed by atoms with Crippen LogP contribution in [-0.2, 0) is 9.53 Å². The summed E-state index contributed by atoms with van der Waals surface area (Å²) >= 11 is 0. The molecule has 2 heterocycles. The molecule has 6 nitrogen and oxygen atoms in total. The van der Waals surface area contributed by atoms with E-state index in [1.807, 2.05) is 12.1 Å². The number of carbonyl (C=O) groups is 1. The Kier molecular flexibility index (Phi) is 3.73. The molecule has 114 valence electrons. The first-order valence-electron chi connectivity index (χ1n) is 7.08. The summed E-state index contributed by atoms with van der Waals surface area (Å²) in [5, 5.41) is 12.9. The summed E-state index contributed by atoms with van der Waals surface area (Å²) in [4.78, 5) is 12.2. The molecule has 21 heavy (non-hydrogen) atoms. The molecular weight excluding hydrogens is 274 g/mol. The molecule has 1 saturated heterocycles.